The molecule has 0 atom stereocenters. The predicted octanol–water partition coefficient (Wildman–Crippen LogP) is 5.14. The Morgan fingerprint density at radius 3 is 2.79 bits per heavy atom. The molecular weight excluding hydrogens is 378 g/mol. The number of phenols is 1. The summed E-state index contributed by atoms with van der Waals surface area (Å²) in [6, 6.07) is 18.3. The van der Waals surface area contributed by atoms with Gasteiger partial charge in [0.1, 0.15) is 17.1 Å². The molecule has 1 aliphatic rings. The maximum absolute atomic E-state index is 11.9. The molecule has 0 unspecified atom stereocenters. The second kappa shape index (κ2) is 7.44. The normalized spacial score (nSPS) is 12.4. The number of carbonyl (C=O) groups is 1. The van der Waals surface area contributed by atoms with Crippen LogP contribution in [0.3, 0.4) is 0 Å². The van der Waals surface area contributed by atoms with Gasteiger partial charge in [-0.2, -0.15) is 0 Å². The number of benzene rings is 3. The number of nitrogens with zero attached hydrogens (tertiary/aromatic N) is 1. The van der Waals surface area contributed by atoms with E-state index in [1.165, 1.54) is 13.2 Å². The van der Waals surface area contributed by atoms with E-state index in [-0.39, 0.29) is 11.3 Å². The first-order valence-electron chi connectivity index (χ1n) is 8.76. The quantitative estimate of drug-likeness (QED) is 0.622. The molecule has 3 aromatic rings. The fraction of sp³-hybridized carbons (Fsp3) is 0.136. The summed E-state index contributed by atoms with van der Waals surface area (Å²) in [5.74, 6) is 0.794. The van der Waals surface area contributed by atoms with Gasteiger partial charge in [0.15, 0.2) is 5.75 Å². The van der Waals surface area contributed by atoms with Gasteiger partial charge in [0, 0.05) is 29.2 Å². The van der Waals surface area contributed by atoms with Crippen molar-refractivity contribution >= 4 is 23.3 Å². The van der Waals surface area contributed by atoms with Gasteiger partial charge in [-0.05, 0) is 30.3 Å². The van der Waals surface area contributed by atoms with Gasteiger partial charge < -0.3 is 19.5 Å². The SMILES string of the molecule is COC(=O)c1cccc(CN2Cc3ccccc3Oc3ccc(Cl)cc32)c1O. The van der Waals surface area contributed by atoms with Crippen LogP contribution in [0.2, 0.25) is 5.02 Å². The van der Waals surface area contributed by atoms with Crippen LogP contribution in [0.25, 0.3) is 0 Å². The lowest BCUT2D eigenvalue weighted by molar-refractivity contribution is 0.0597. The van der Waals surface area contributed by atoms with E-state index in [2.05, 4.69) is 4.90 Å². The van der Waals surface area contributed by atoms with E-state index in [0.29, 0.717) is 29.4 Å². The van der Waals surface area contributed by atoms with Crippen molar-refractivity contribution in [1.29, 1.82) is 0 Å². The Labute approximate surface area is 167 Å². The highest BCUT2D eigenvalue weighted by atomic mass is 35.5. The van der Waals surface area contributed by atoms with Gasteiger partial charge in [0.2, 0.25) is 0 Å². The Morgan fingerprint density at radius 2 is 1.96 bits per heavy atom. The molecule has 0 bridgehead atoms. The molecule has 0 radical (unpaired) electrons. The molecular formula is C22H18ClNO4. The molecule has 0 spiro atoms. The van der Waals surface area contributed by atoms with Gasteiger partial charge in [-0.3, -0.25) is 0 Å². The molecule has 1 aliphatic heterocycles. The van der Waals surface area contributed by atoms with Crippen molar-refractivity contribution in [3.63, 3.8) is 0 Å². The topological polar surface area (TPSA) is 59.0 Å². The summed E-state index contributed by atoms with van der Waals surface area (Å²) < 4.78 is 10.8. The summed E-state index contributed by atoms with van der Waals surface area (Å²) in [7, 11) is 1.29. The molecule has 3 aromatic carbocycles. The lowest BCUT2D eigenvalue weighted by Gasteiger charge is -2.25. The summed E-state index contributed by atoms with van der Waals surface area (Å²) in [6.07, 6.45) is 0. The lowest BCUT2D eigenvalue weighted by atomic mass is 10.1. The summed E-state index contributed by atoms with van der Waals surface area (Å²) >= 11 is 6.23. The fourth-order valence-electron chi connectivity index (χ4n) is 3.31. The van der Waals surface area contributed by atoms with Gasteiger partial charge in [0.05, 0.1) is 12.8 Å². The van der Waals surface area contributed by atoms with Crippen LogP contribution in [0.15, 0.2) is 60.7 Å². The number of carbonyl (C=O) groups excluding carboxylic acids is 1. The van der Waals surface area contributed by atoms with Crippen molar-refractivity contribution in [3.8, 4) is 17.2 Å². The highest BCUT2D eigenvalue weighted by Crippen LogP contribution is 2.41. The number of anilines is 1. The minimum atomic E-state index is -0.577. The second-order valence-corrected chi connectivity index (χ2v) is 6.92. The molecule has 0 saturated carbocycles. The largest absolute Gasteiger partial charge is 0.507 e. The van der Waals surface area contributed by atoms with Crippen molar-refractivity contribution in [3.05, 3.63) is 82.4 Å². The summed E-state index contributed by atoms with van der Waals surface area (Å²) in [6.45, 7) is 0.924. The number of hydrogen-bond donors (Lipinski definition) is 1. The van der Waals surface area contributed by atoms with E-state index in [1.807, 2.05) is 36.4 Å². The predicted molar refractivity (Wildman–Crippen MR) is 107 cm³/mol. The number of phenolic OH excluding ortho intramolecular Hbond substituents is 1. The van der Waals surface area contributed by atoms with Crippen molar-refractivity contribution in [2.24, 2.45) is 0 Å². The van der Waals surface area contributed by atoms with E-state index in [9.17, 15) is 9.90 Å². The van der Waals surface area contributed by atoms with Gasteiger partial charge in [0.25, 0.3) is 0 Å². The van der Waals surface area contributed by atoms with E-state index in [1.54, 1.807) is 18.2 Å². The van der Waals surface area contributed by atoms with Gasteiger partial charge in [-0.25, -0.2) is 4.79 Å². The summed E-state index contributed by atoms with van der Waals surface area (Å²) in [5, 5.41) is 11.2. The number of hydrogen-bond acceptors (Lipinski definition) is 5. The Hall–Kier alpha value is -3.18. The minimum Gasteiger partial charge on any atom is -0.507 e. The zero-order valence-corrected chi connectivity index (χ0v) is 15.9. The third-order valence-corrected chi connectivity index (χ3v) is 4.94. The van der Waals surface area contributed by atoms with Crippen LogP contribution in [-0.4, -0.2) is 18.2 Å². The van der Waals surface area contributed by atoms with Crippen LogP contribution < -0.4 is 9.64 Å². The molecule has 0 amide bonds. The maximum Gasteiger partial charge on any atom is 0.341 e. The Bertz CT molecular complexity index is 1050. The molecule has 0 saturated heterocycles. The highest BCUT2D eigenvalue weighted by Gasteiger charge is 2.23. The molecule has 4 rings (SSSR count). The first-order valence-corrected chi connectivity index (χ1v) is 9.14. The number of ether oxygens (including phenoxy) is 2. The fourth-order valence-corrected chi connectivity index (χ4v) is 3.47. The van der Waals surface area contributed by atoms with E-state index in [4.69, 9.17) is 21.1 Å². The number of esters is 1. The first kappa shape index (κ1) is 18.2. The monoisotopic (exact) mass is 395 g/mol. The van der Waals surface area contributed by atoms with E-state index >= 15 is 0 Å². The van der Waals surface area contributed by atoms with E-state index in [0.717, 1.165) is 17.0 Å². The van der Waals surface area contributed by atoms with Gasteiger partial charge >= 0.3 is 5.97 Å². The molecule has 0 aromatic heterocycles. The average Bonchev–Trinajstić information content (AvgIpc) is 2.85. The minimum absolute atomic E-state index is 0.0867. The molecule has 142 valence electrons. The van der Waals surface area contributed by atoms with Crippen molar-refractivity contribution in [2.75, 3.05) is 12.0 Å². The molecule has 1 heterocycles. The first-order chi connectivity index (χ1) is 13.6. The van der Waals surface area contributed by atoms with Crippen LogP contribution in [0.1, 0.15) is 21.5 Å². The number of halogens is 1. The van der Waals surface area contributed by atoms with Crippen molar-refractivity contribution < 1.29 is 19.4 Å². The lowest BCUT2D eigenvalue weighted by Crippen LogP contribution is -2.21. The number of para-hydroxylation sites is 2. The van der Waals surface area contributed by atoms with E-state index < -0.39 is 5.97 Å². The van der Waals surface area contributed by atoms with Crippen LogP contribution in [0, 0.1) is 0 Å². The Morgan fingerprint density at radius 1 is 1.14 bits per heavy atom. The molecule has 28 heavy (non-hydrogen) atoms. The molecule has 6 heteroatoms. The van der Waals surface area contributed by atoms with Gasteiger partial charge in [-0.15, -0.1) is 0 Å². The van der Waals surface area contributed by atoms with Gasteiger partial charge in [-0.1, -0.05) is 41.9 Å². The second-order valence-electron chi connectivity index (χ2n) is 6.48. The number of rotatable bonds is 3. The number of aromatic hydroxyl groups is 1. The van der Waals surface area contributed by atoms with Crippen LogP contribution in [-0.2, 0) is 17.8 Å². The Balaban J connectivity index is 1.77. The average molecular weight is 396 g/mol. The third-order valence-electron chi connectivity index (χ3n) is 4.70. The number of methoxy groups -OCH3 is 1. The van der Waals surface area contributed by atoms with Crippen molar-refractivity contribution in [2.45, 2.75) is 13.1 Å². The molecule has 5 nitrogen and oxygen atoms in total. The van der Waals surface area contributed by atoms with Crippen LogP contribution in [0.4, 0.5) is 5.69 Å². The zero-order valence-electron chi connectivity index (χ0n) is 15.2. The van der Waals surface area contributed by atoms with Crippen molar-refractivity contribution in [1.82, 2.24) is 0 Å². The maximum atomic E-state index is 11.9. The van der Waals surface area contributed by atoms with Crippen LogP contribution in [0.5, 0.6) is 17.2 Å². The zero-order chi connectivity index (χ0) is 19.7. The summed E-state index contributed by atoms with van der Waals surface area (Å²) in [5.41, 5.74) is 2.57. The standard InChI is InChI=1S/C22H18ClNO4/c1-27-22(26)17-7-4-6-15(21(17)25)13-24-12-14-5-2-3-8-19(14)28-20-10-9-16(23)11-18(20)24/h2-11,25H,12-13H2,1H3. The third kappa shape index (κ3) is 3.37. The van der Waals surface area contributed by atoms with Crippen LogP contribution >= 0.6 is 11.6 Å². The molecule has 1 N–H and O–H groups in total. The Kier molecular flexibility index (Phi) is 4.84. The molecule has 0 fully saturated rings. The smallest absolute Gasteiger partial charge is 0.341 e. The molecule has 0 aliphatic carbocycles. The highest BCUT2D eigenvalue weighted by molar-refractivity contribution is 6.31. The number of fused-ring (bicyclic) bond motifs is 2. The summed E-state index contributed by atoms with van der Waals surface area (Å²) in [4.78, 5) is 14.0.